The molecule has 0 saturated carbocycles. The number of carbonyl (C=O) groups is 1. The number of nitrogen functional groups attached to an aromatic ring is 1. The second-order valence-corrected chi connectivity index (χ2v) is 5.72. The number of anilines is 1. The minimum Gasteiger partial charge on any atom is -0.398 e. The van der Waals surface area contributed by atoms with Crippen molar-refractivity contribution in [2.75, 3.05) is 32.0 Å². The summed E-state index contributed by atoms with van der Waals surface area (Å²) in [5, 5.41) is 0. The van der Waals surface area contributed by atoms with Gasteiger partial charge in [0, 0.05) is 35.8 Å². The Morgan fingerprint density at radius 3 is 2.95 bits per heavy atom. The first-order valence-electron chi connectivity index (χ1n) is 6.54. The molecule has 0 bridgehead atoms. The molecule has 1 fully saturated rings. The summed E-state index contributed by atoms with van der Waals surface area (Å²) >= 11 is 3.35. The van der Waals surface area contributed by atoms with E-state index in [1.54, 1.807) is 12.1 Å². The Kier molecular flexibility index (Phi) is 4.82. The summed E-state index contributed by atoms with van der Waals surface area (Å²) in [6.45, 7) is 4.97. The third-order valence-corrected chi connectivity index (χ3v) is 3.91. The Morgan fingerprint density at radius 1 is 1.58 bits per heavy atom. The minimum atomic E-state index is -0.000556. The van der Waals surface area contributed by atoms with E-state index in [0.717, 1.165) is 30.7 Å². The van der Waals surface area contributed by atoms with E-state index in [4.69, 9.17) is 10.5 Å². The fraction of sp³-hybridized carbons (Fsp3) is 0.500. The predicted molar refractivity (Wildman–Crippen MR) is 79.1 cm³/mol. The lowest BCUT2D eigenvalue weighted by Gasteiger charge is -2.24. The van der Waals surface area contributed by atoms with Crippen LogP contribution in [0, 0.1) is 5.92 Å². The Labute approximate surface area is 122 Å². The van der Waals surface area contributed by atoms with E-state index in [9.17, 15) is 4.79 Å². The molecule has 1 saturated heterocycles. The first-order chi connectivity index (χ1) is 9.11. The van der Waals surface area contributed by atoms with Crippen molar-refractivity contribution in [1.29, 1.82) is 0 Å². The number of nitrogens with zero attached hydrogens (tertiary/aromatic N) is 1. The van der Waals surface area contributed by atoms with Crippen LogP contribution in [0.5, 0.6) is 0 Å². The molecule has 104 valence electrons. The molecule has 1 amide bonds. The molecule has 0 spiro atoms. The fourth-order valence-corrected chi connectivity index (χ4v) is 2.67. The van der Waals surface area contributed by atoms with Crippen LogP contribution in [0.15, 0.2) is 22.7 Å². The zero-order valence-electron chi connectivity index (χ0n) is 11.1. The molecule has 2 rings (SSSR count). The highest BCUT2D eigenvalue weighted by molar-refractivity contribution is 9.10. The number of rotatable bonds is 4. The lowest BCUT2D eigenvalue weighted by Crippen LogP contribution is -2.35. The van der Waals surface area contributed by atoms with Crippen molar-refractivity contribution < 1.29 is 9.53 Å². The lowest BCUT2D eigenvalue weighted by atomic mass is 10.1. The van der Waals surface area contributed by atoms with Gasteiger partial charge in [-0.15, -0.1) is 0 Å². The van der Waals surface area contributed by atoms with Crippen LogP contribution in [-0.2, 0) is 4.74 Å². The Balaban J connectivity index is 2.10. The van der Waals surface area contributed by atoms with E-state index in [1.807, 2.05) is 17.9 Å². The van der Waals surface area contributed by atoms with Crippen LogP contribution in [0.25, 0.3) is 0 Å². The van der Waals surface area contributed by atoms with E-state index in [2.05, 4.69) is 15.9 Å². The van der Waals surface area contributed by atoms with Crippen LogP contribution in [0.4, 0.5) is 5.69 Å². The molecular weight excluding hydrogens is 308 g/mol. The second kappa shape index (κ2) is 6.39. The van der Waals surface area contributed by atoms with Crippen molar-refractivity contribution in [2.45, 2.75) is 13.3 Å². The highest BCUT2D eigenvalue weighted by Crippen LogP contribution is 2.21. The van der Waals surface area contributed by atoms with Crippen LogP contribution in [-0.4, -0.2) is 37.1 Å². The normalized spacial score (nSPS) is 18.5. The first-order valence-corrected chi connectivity index (χ1v) is 7.33. The third-order valence-electron chi connectivity index (χ3n) is 3.42. The average Bonchev–Trinajstić information content (AvgIpc) is 2.88. The van der Waals surface area contributed by atoms with Crippen molar-refractivity contribution >= 4 is 27.5 Å². The maximum atomic E-state index is 12.5. The summed E-state index contributed by atoms with van der Waals surface area (Å²) in [6, 6.07) is 5.38. The van der Waals surface area contributed by atoms with Gasteiger partial charge in [-0.3, -0.25) is 4.79 Å². The molecule has 1 aromatic carbocycles. The van der Waals surface area contributed by atoms with Crippen molar-refractivity contribution in [2.24, 2.45) is 5.92 Å². The lowest BCUT2D eigenvalue weighted by molar-refractivity contribution is 0.0732. The van der Waals surface area contributed by atoms with Gasteiger partial charge in [0.15, 0.2) is 0 Å². The maximum Gasteiger partial charge on any atom is 0.255 e. The molecule has 1 aliphatic heterocycles. The Morgan fingerprint density at radius 2 is 2.37 bits per heavy atom. The summed E-state index contributed by atoms with van der Waals surface area (Å²) in [5.74, 6) is 0.444. The molecule has 1 atom stereocenters. The summed E-state index contributed by atoms with van der Waals surface area (Å²) in [5.41, 5.74) is 7.01. The van der Waals surface area contributed by atoms with Crippen molar-refractivity contribution in [3.8, 4) is 0 Å². The van der Waals surface area contributed by atoms with Gasteiger partial charge in [-0.2, -0.15) is 0 Å². The molecular formula is C14H19BrN2O2. The Bertz CT molecular complexity index is 459. The molecule has 1 heterocycles. The standard InChI is InChI=1S/C14H19BrN2O2/c1-2-17(8-10-5-6-19-9-10)14(18)12-4-3-11(15)7-13(12)16/h3-4,7,10H,2,5-6,8-9,16H2,1H3. The van der Waals surface area contributed by atoms with Gasteiger partial charge in [-0.25, -0.2) is 0 Å². The quantitative estimate of drug-likeness (QED) is 0.865. The first kappa shape index (κ1) is 14.3. The van der Waals surface area contributed by atoms with Gasteiger partial charge in [-0.05, 0) is 31.5 Å². The number of halogens is 1. The zero-order valence-corrected chi connectivity index (χ0v) is 12.6. The second-order valence-electron chi connectivity index (χ2n) is 4.80. The molecule has 19 heavy (non-hydrogen) atoms. The highest BCUT2D eigenvalue weighted by Gasteiger charge is 2.23. The van der Waals surface area contributed by atoms with Crippen molar-refractivity contribution in [1.82, 2.24) is 4.90 Å². The van der Waals surface area contributed by atoms with Gasteiger partial charge in [0.25, 0.3) is 5.91 Å². The molecule has 4 nitrogen and oxygen atoms in total. The maximum absolute atomic E-state index is 12.5. The summed E-state index contributed by atoms with van der Waals surface area (Å²) < 4.78 is 6.24. The molecule has 1 aromatic rings. The molecule has 0 aromatic heterocycles. The molecule has 0 radical (unpaired) electrons. The van der Waals surface area contributed by atoms with E-state index in [1.165, 1.54) is 0 Å². The monoisotopic (exact) mass is 326 g/mol. The number of hydrogen-bond donors (Lipinski definition) is 1. The molecule has 5 heteroatoms. The van der Waals surface area contributed by atoms with Crippen LogP contribution in [0.3, 0.4) is 0 Å². The number of hydrogen-bond acceptors (Lipinski definition) is 3. The van der Waals surface area contributed by atoms with Crippen LogP contribution in [0.1, 0.15) is 23.7 Å². The SMILES string of the molecule is CCN(CC1CCOC1)C(=O)c1ccc(Br)cc1N. The number of nitrogens with two attached hydrogens (primary N) is 1. The number of ether oxygens (including phenoxy) is 1. The summed E-state index contributed by atoms with van der Waals surface area (Å²) in [7, 11) is 0. The van der Waals surface area contributed by atoms with E-state index >= 15 is 0 Å². The van der Waals surface area contributed by atoms with Gasteiger partial charge >= 0.3 is 0 Å². The smallest absolute Gasteiger partial charge is 0.255 e. The zero-order chi connectivity index (χ0) is 13.8. The fourth-order valence-electron chi connectivity index (χ4n) is 2.29. The van der Waals surface area contributed by atoms with E-state index < -0.39 is 0 Å². The number of benzene rings is 1. The molecule has 1 unspecified atom stereocenters. The number of amides is 1. The summed E-state index contributed by atoms with van der Waals surface area (Å²) in [6.07, 6.45) is 1.03. The third kappa shape index (κ3) is 3.48. The van der Waals surface area contributed by atoms with Gasteiger partial charge in [-0.1, -0.05) is 15.9 Å². The Hall–Kier alpha value is -1.07. The van der Waals surface area contributed by atoms with Crippen molar-refractivity contribution in [3.63, 3.8) is 0 Å². The van der Waals surface area contributed by atoms with E-state index in [-0.39, 0.29) is 5.91 Å². The van der Waals surface area contributed by atoms with Crippen molar-refractivity contribution in [3.05, 3.63) is 28.2 Å². The summed E-state index contributed by atoms with van der Waals surface area (Å²) in [4.78, 5) is 14.3. The molecule has 2 N–H and O–H groups in total. The van der Waals surface area contributed by atoms with Gasteiger partial charge in [0.05, 0.1) is 12.2 Å². The minimum absolute atomic E-state index is 0.000556. The van der Waals surface area contributed by atoms with Crippen LogP contribution >= 0.6 is 15.9 Å². The van der Waals surface area contributed by atoms with Crippen LogP contribution < -0.4 is 5.73 Å². The topological polar surface area (TPSA) is 55.6 Å². The number of carbonyl (C=O) groups excluding carboxylic acids is 1. The van der Waals surface area contributed by atoms with Gasteiger partial charge in [0.2, 0.25) is 0 Å². The van der Waals surface area contributed by atoms with Crippen LogP contribution in [0.2, 0.25) is 0 Å². The van der Waals surface area contributed by atoms with E-state index in [0.29, 0.717) is 23.7 Å². The largest absolute Gasteiger partial charge is 0.398 e. The predicted octanol–water partition coefficient (Wildman–Crippen LogP) is 2.53. The van der Waals surface area contributed by atoms with Gasteiger partial charge in [0.1, 0.15) is 0 Å². The van der Waals surface area contributed by atoms with Gasteiger partial charge < -0.3 is 15.4 Å². The molecule has 0 aliphatic carbocycles. The molecule has 1 aliphatic rings. The average molecular weight is 327 g/mol. The highest BCUT2D eigenvalue weighted by atomic mass is 79.9.